The quantitative estimate of drug-likeness (QED) is 0.819. The molecule has 2 N–H and O–H groups in total. The third-order valence-electron chi connectivity index (χ3n) is 2.72. The Morgan fingerprint density at radius 3 is 2.81 bits per heavy atom. The van der Waals surface area contributed by atoms with Crippen LogP contribution in [0.3, 0.4) is 0 Å². The Balaban J connectivity index is 2.21. The maximum atomic E-state index is 10.8. The highest BCUT2D eigenvalue weighted by Crippen LogP contribution is 2.30. The van der Waals surface area contributed by atoms with E-state index in [4.69, 9.17) is 5.11 Å². The summed E-state index contributed by atoms with van der Waals surface area (Å²) in [4.78, 5) is 16.1. The van der Waals surface area contributed by atoms with E-state index in [-0.39, 0.29) is 6.54 Å². The number of aliphatic hydroxyl groups is 1. The minimum absolute atomic E-state index is 0.0803. The van der Waals surface area contributed by atoms with Crippen LogP contribution in [0.25, 0.3) is 0 Å². The molecular formula is C10H11BrN2O3. The van der Waals surface area contributed by atoms with Crippen LogP contribution >= 0.6 is 15.9 Å². The SMILES string of the molecule is O=C(O)N1CCC(O)(c2ccc(Br)cn2)C1. The molecule has 0 bridgehead atoms. The maximum absolute atomic E-state index is 10.8. The Kier molecular flexibility index (Phi) is 2.86. The summed E-state index contributed by atoms with van der Waals surface area (Å²) in [6, 6.07) is 3.49. The largest absolute Gasteiger partial charge is 0.465 e. The van der Waals surface area contributed by atoms with Gasteiger partial charge in [-0.05, 0) is 28.1 Å². The third-order valence-corrected chi connectivity index (χ3v) is 3.19. The Morgan fingerprint density at radius 1 is 1.56 bits per heavy atom. The van der Waals surface area contributed by atoms with E-state index in [0.29, 0.717) is 18.7 Å². The van der Waals surface area contributed by atoms with Crippen LogP contribution in [0.2, 0.25) is 0 Å². The van der Waals surface area contributed by atoms with Crippen LogP contribution in [0, 0.1) is 0 Å². The number of rotatable bonds is 1. The number of carboxylic acid groups (broad SMARTS) is 1. The average molecular weight is 287 g/mol. The summed E-state index contributed by atoms with van der Waals surface area (Å²) < 4.78 is 0.827. The summed E-state index contributed by atoms with van der Waals surface area (Å²) in [5.74, 6) is 0. The maximum Gasteiger partial charge on any atom is 0.407 e. The van der Waals surface area contributed by atoms with Crippen LogP contribution in [0.1, 0.15) is 12.1 Å². The van der Waals surface area contributed by atoms with Gasteiger partial charge in [0.25, 0.3) is 0 Å². The number of nitrogens with zero attached hydrogens (tertiary/aromatic N) is 2. The Labute approximate surface area is 101 Å². The lowest BCUT2D eigenvalue weighted by Crippen LogP contribution is -2.34. The van der Waals surface area contributed by atoms with Crippen molar-refractivity contribution in [1.82, 2.24) is 9.88 Å². The van der Waals surface area contributed by atoms with Gasteiger partial charge in [-0.15, -0.1) is 0 Å². The van der Waals surface area contributed by atoms with Gasteiger partial charge < -0.3 is 15.1 Å². The summed E-state index contributed by atoms with van der Waals surface area (Å²) in [6.45, 7) is 0.417. The van der Waals surface area contributed by atoms with E-state index in [9.17, 15) is 9.90 Å². The zero-order valence-corrected chi connectivity index (χ0v) is 10.0. The molecule has 1 atom stereocenters. The van der Waals surface area contributed by atoms with Gasteiger partial charge >= 0.3 is 6.09 Å². The van der Waals surface area contributed by atoms with E-state index in [1.54, 1.807) is 18.3 Å². The Morgan fingerprint density at radius 2 is 2.31 bits per heavy atom. The molecule has 5 nitrogen and oxygen atoms in total. The third kappa shape index (κ3) is 2.03. The number of β-amino-alcohol motifs (C(OH)–C–C–N with tert-alkyl or cyclic N) is 1. The molecule has 86 valence electrons. The van der Waals surface area contributed by atoms with Crippen LogP contribution in [0.15, 0.2) is 22.8 Å². The van der Waals surface area contributed by atoms with E-state index >= 15 is 0 Å². The minimum atomic E-state index is -1.15. The van der Waals surface area contributed by atoms with Gasteiger partial charge in [-0.1, -0.05) is 0 Å². The minimum Gasteiger partial charge on any atom is -0.465 e. The average Bonchev–Trinajstić information content (AvgIpc) is 2.63. The molecule has 0 aromatic carbocycles. The van der Waals surface area contributed by atoms with Gasteiger partial charge in [0, 0.05) is 23.6 Å². The van der Waals surface area contributed by atoms with Crippen molar-refractivity contribution < 1.29 is 15.0 Å². The normalized spacial score (nSPS) is 24.8. The highest BCUT2D eigenvalue weighted by molar-refractivity contribution is 9.10. The summed E-state index contributed by atoms with van der Waals surface area (Å²) in [7, 11) is 0. The zero-order valence-electron chi connectivity index (χ0n) is 8.43. The Bertz CT molecular complexity index is 409. The molecule has 1 fully saturated rings. The molecular weight excluding hydrogens is 276 g/mol. The van der Waals surface area contributed by atoms with Gasteiger partial charge in [-0.3, -0.25) is 4.98 Å². The molecule has 6 heteroatoms. The number of halogens is 1. The van der Waals surface area contributed by atoms with Crippen molar-refractivity contribution in [3.8, 4) is 0 Å². The van der Waals surface area contributed by atoms with Gasteiger partial charge in [0.1, 0.15) is 5.60 Å². The molecule has 2 rings (SSSR count). The summed E-state index contributed by atoms with van der Waals surface area (Å²) in [5.41, 5.74) is -0.640. The highest BCUT2D eigenvalue weighted by atomic mass is 79.9. The first-order chi connectivity index (χ1) is 7.51. The van der Waals surface area contributed by atoms with E-state index in [2.05, 4.69) is 20.9 Å². The topological polar surface area (TPSA) is 73.7 Å². The number of hydrogen-bond acceptors (Lipinski definition) is 3. The van der Waals surface area contributed by atoms with Crippen LogP contribution in [0.5, 0.6) is 0 Å². The Hall–Kier alpha value is -1.14. The fourth-order valence-corrected chi connectivity index (χ4v) is 2.05. The second kappa shape index (κ2) is 4.03. The first-order valence-electron chi connectivity index (χ1n) is 4.83. The molecule has 1 aromatic rings. The molecule has 2 heterocycles. The molecule has 1 unspecified atom stereocenters. The summed E-state index contributed by atoms with van der Waals surface area (Å²) >= 11 is 3.26. The first-order valence-corrected chi connectivity index (χ1v) is 5.63. The van der Waals surface area contributed by atoms with E-state index < -0.39 is 11.7 Å². The molecule has 0 saturated carbocycles. The number of aromatic nitrogens is 1. The first kappa shape index (κ1) is 11.3. The molecule has 1 amide bonds. The molecule has 16 heavy (non-hydrogen) atoms. The fraction of sp³-hybridized carbons (Fsp3) is 0.400. The molecule has 0 spiro atoms. The molecule has 1 aromatic heterocycles. The van der Waals surface area contributed by atoms with Crippen molar-refractivity contribution >= 4 is 22.0 Å². The van der Waals surface area contributed by atoms with E-state index in [0.717, 1.165) is 4.47 Å². The lowest BCUT2D eigenvalue weighted by molar-refractivity contribution is 0.0417. The van der Waals surface area contributed by atoms with Crippen molar-refractivity contribution in [2.45, 2.75) is 12.0 Å². The van der Waals surface area contributed by atoms with E-state index in [1.165, 1.54) is 4.90 Å². The number of pyridine rings is 1. The lowest BCUT2D eigenvalue weighted by Gasteiger charge is -2.21. The van der Waals surface area contributed by atoms with Crippen molar-refractivity contribution in [2.24, 2.45) is 0 Å². The summed E-state index contributed by atoms with van der Waals surface area (Å²) in [5, 5.41) is 19.1. The van der Waals surface area contributed by atoms with Crippen LogP contribution in [0.4, 0.5) is 4.79 Å². The number of hydrogen-bond donors (Lipinski definition) is 2. The standard InChI is InChI=1S/C10H11BrN2O3/c11-7-1-2-8(12-5-7)10(16)3-4-13(6-10)9(14)15/h1-2,5,16H,3-4,6H2,(H,14,15). The smallest absolute Gasteiger partial charge is 0.407 e. The highest BCUT2D eigenvalue weighted by Gasteiger charge is 2.40. The number of amides is 1. The van der Waals surface area contributed by atoms with Crippen molar-refractivity contribution in [1.29, 1.82) is 0 Å². The van der Waals surface area contributed by atoms with Crippen molar-refractivity contribution in [3.05, 3.63) is 28.5 Å². The molecule has 1 aliphatic heterocycles. The summed E-state index contributed by atoms with van der Waals surface area (Å²) in [6.07, 6.45) is 0.970. The van der Waals surface area contributed by atoms with Gasteiger partial charge in [0.05, 0.1) is 12.2 Å². The molecule has 0 radical (unpaired) electrons. The zero-order chi connectivity index (χ0) is 11.8. The number of likely N-dealkylation sites (tertiary alicyclic amines) is 1. The molecule has 0 aliphatic carbocycles. The van der Waals surface area contributed by atoms with Gasteiger partial charge in [0.15, 0.2) is 0 Å². The van der Waals surface area contributed by atoms with Crippen LogP contribution in [-0.2, 0) is 5.60 Å². The second-order valence-corrected chi connectivity index (χ2v) is 4.76. The molecule has 1 aliphatic rings. The van der Waals surface area contributed by atoms with Gasteiger partial charge in [-0.2, -0.15) is 0 Å². The fourth-order valence-electron chi connectivity index (χ4n) is 1.82. The predicted molar refractivity (Wildman–Crippen MR) is 60.0 cm³/mol. The van der Waals surface area contributed by atoms with Gasteiger partial charge in [-0.25, -0.2) is 4.79 Å². The van der Waals surface area contributed by atoms with E-state index in [1.807, 2.05) is 0 Å². The predicted octanol–water partition coefficient (Wildman–Crippen LogP) is 1.42. The lowest BCUT2D eigenvalue weighted by atomic mass is 9.98. The second-order valence-electron chi connectivity index (χ2n) is 3.85. The molecule has 1 saturated heterocycles. The van der Waals surface area contributed by atoms with Crippen molar-refractivity contribution in [3.63, 3.8) is 0 Å². The van der Waals surface area contributed by atoms with Crippen molar-refractivity contribution in [2.75, 3.05) is 13.1 Å². The monoisotopic (exact) mass is 286 g/mol. The number of carbonyl (C=O) groups is 1. The van der Waals surface area contributed by atoms with Gasteiger partial charge in [0.2, 0.25) is 0 Å². The van der Waals surface area contributed by atoms with Crippen LogP contribution < -0.4 is 0 Å². The van der Waals surface area contributed by atoms with Crippen LogP contribution in [-0.4, -0.2) is 39.3 Å².